The van der Waals surface area contributed by atoms with E-state index < -0.39 is 36.6 Å². The predicted octanol–water partition coefficient (Wildman–Crippen LogP) is -3.41. The number of hydrogen-bond acceptors (Lipinski definition) is 6. The molecule has 0 heterocycles. The smallest absolute Gasteiger partial charge is 0.345 e. The zero-order valence-corrected chi connectivity index (χ0v) is 15.4. The molecule has 0 aliphatic rings. The van der Waals surface area contributed by atoms with Crippen molar-refractivity contribution in [3.8, 4) is 0 Å². The van der Waals surface area contributed by atoms with Crippen LogP contribution in [0.2, 0.25) is 0 Å². The minimum atomic E-state index is -1.37. The Balaban J connectivity index is 0. The maximum Gasteiger partial charge on any atom is 0.345 e. The van der Waals surface area contributed by atoms with Crippen LogP contribution >= 0.6 is 0 Å². The first-order valence-corrected chi connectivity index (χ1v) is 6.01. The molecule has 0 rings (SSSR count). The number of carbonyl (C=O) groups is 4. The topological polar surface area (TPSA) is 220 Å². The quantitative estimate of drug-likeness (QED) is 0.0520. The average Bonchev–Trinajstić information content (AvgIpc) is 2.47. The third-order valence-electron chi connectivity index (χ3n) is 1.89. The number of carbonyl (C=O) groups excluding carboxylic acids is 5. The van der Waals surface area contributed by atoms with Crippen molar-refractivity contribution in [2.75, 3.05) is 0 Å². The number of nitrogens with one attached hydrogen (secondary N) is 6. The molecule has 1 atom stereocenters. The van der Waals surface area contributed by atoms with Crippen molar-refractivity contribution in [1.82, 2.24) is 26.6 Å². The van der Waals surface area contributed by atoms with E-state index in [4.69, 9.17) is 11.1 Å². The largest absolute Gasteiger partial charge is 0.520 e. The first-order chi connectivity index (χ1) is 11.4. The van der Waals surface area contributed by atoms with Gasteiger partial charge in [-0.2, -0.15) is 11.4 Å². The van der Waals surface area contributed by atoms with Crippen LogP contribution in [-0.2, 0) is 47.1 Å². The summed E-state index contributed by atoms with van der Waals surface area (Å²) in [7, 11) is 0. The number of nitrogens with zero attached hydrogens (tertiary/aromatic N) is 2. The Kier molecular flexibility index (Phi) is 14.5. The molecular formula is C10H14N9O5Y-. The second-order valence-corrected chi connectivity index (χ2v) is 3.57. The van der Waals surface area contributed by atoms with Gasteiger partial charge in [0.1, 0.15) is 12.8 Å². The Morgan fingerprint density at radius 1 is 1.16 bits per heavy atom. The van der Waals surface area contributed by atoms with Crippen LogP contribution in [0.15, 0.2) is 9.98 Å². The fourth-order valence-electron chi connectivity index (χ4n) is 1.05. The Hall–Kier alpha value is -2.74. The molecule has 0 spiro atoms. The monoisotopic (exact) mass is 429 g/mol. The molecule has 1 unspecified atom stereocenters. The molecule has 0 saturated heterocycles. The van der Waals surface area contributed by atoms with Gasteiger partial charge < -0.3 is 31.8 Å². The van der Waals surface area contributed by atoms with Crippen LogP contribution in [0.3, 0.4) is 0 Å². The van der Waals surface area contributed by atoms with Crippen LogP contribution in [0.5, 0.6) is 0 Å². The van der Waals surface area contributed by atoms with Crippen molar-refractivity contribution in [3.05, 3.63) is 0 Å². The molecule has 0 fully saturated rings. The van der Waals surface area contributed by atoms with Crippen LogP contribution in [0.4, 0.5) is 9.59 Å². The molecule has 0 aromatic heterocycles. The fourth-order valence-corrected chi connectivity index (χ4v) is 1.05. The number of nitrogens with two attached hydrogens (primary N) is 1. The molecule has 0 aromatic rings. The summed E-state index contributed by atoms with van der Waals surface area (Å²) in [6.07, 6.45) is 1.25. The minimum absolute atomic E-state index is 0. The first kappa shape index (κ1) is 24.5. The number of urea groups is 2. The summed E-state index contributed by atoms with van der Waals surface area (Å²) in [5.41, 5.74) is 4.87. The Labute approximate surface area is 166 Å². The van der Waals surface area contributed by atoms with E-state index in [1.54, 1.807) is 0 Å². The third kappa shape index (κ3) is 13.4. The molecule has 0 bridgehead atoms. The second-order valence-electron chi connectivity index (χ2n) is 3.57. The number of hydrogen-bond donors (Lipinski definition) is 7. The van der Waals surface area contributed by atoms with Gasteiger partial charge in [-0.05, 0) is 0 Å². The molecule has 7 amide bonds. The first-order valence-electron chi connectivity index (χ1n) is 6.01. The number of amides is 7. The molecule has 25 heavy (non-hydrogen) atoms. The van der Waals surface area contributed by atoms with E-state index in [0.717, 1.165) is 6.34 Å². The normalized spacial score (nSPS) is 10.9. The van der Waals surface area contributed by atoms with E-state index in [2.05, 4.69) is 9.98 Å². The minimum Gasteiger partial charge on any atom is -0.520 e. The van der Waals surface area contributed by atoms with Gasteiger partial charge in [0.05, 0.1) is 12.7 Å². The Morgan fingerprint density at radius 3 is 2.40 bits per heavy atom. The van der Waals surface area contributed by atoms with Gasteiger partial charge in [-0.1, -0.05) is 0 Å². The van der Waals surface area contributed by atoms with Crippen molar-refractivity contribution >= 4 is 49.3 Å². The van der Waals surface area contributed by atoms with Crippen molar-refractivity contribution in [3.63, 3.8) is 0 Å². The molecule has 1 radical (unpaired) electrons. The molecule has 133 valence electrons. The van der Waals surface area contributed by atoms with Gasteiger partial charge in [0, 0.05) is 32.7 Å². The number of aliphatic imine (C=N–C) groups is 2. The van der Waals surface area contributed by atoms with Crippen LogP contribution in [-0.4, -0.2) is 55.6 Å². The Bertz CT molecular complexity index is 565. The molecule has 0 aromatic carbocycles. The molecule has 8 N–H and O–H groups in total. The van der Waals surface area contributed by atoms with Crippen LogP contribution in [0, 0.1) is 5.41 Å². The van der Waals surface area contributed by atoms with Crippen molar-refractivity contribution < 1.29 is 56.7 Å². The second kappa shape index (κ2) is 14.8. The van der Waals surface area contributed by atoms with E-state index >= 15 is 0 Å². The van der Waals surface area contributed by atoms with Crippen LogP contribution < -0.4 is 32.3 Å². The SMILES string of the molecule is N=CNC(=O)NC(N[C-]=O)NC(=O)N=CNC(=O)CC(=O)N=CN.[Y]. The predicted molar refractivity (Wildman–Crippen MR) is 80.5 cm³/mol. The molecule has 0 saturated carbocycles. The van der Waals surface area contributed by atoms with Gasteiger partial charge in [-0.25, -0.2) is 14.6 Å². The van der Waals surface area contributed by atoms with Crippen LogP contribution in [0.1, 0.15) is 6.42 Å². The van der Waals surface area contributed by atoms with Gasteiger partial charge in [-0.15, -0.1) is 0 Å². The maximum atomic E-state index is 11.4. The van der Waals surface area contributed by atoms with Crippen LogP contribution in [0.25, 0.3) is 0 Å². The van der Waals surface area contributed by atoms with Gasteiger partial charge in [-0.3, -0.25) is 20.3 Å². The zero-order valence-electron chi connectivity index (χ0n) is 12.6. The molecule has 0 aliphatic carbocycles. The maximum absolute atomic E-state index is 11.4. The molecule has 0 aliphatic heterocycles. The van der Waals surface area contributed by atoms with E-state index in [1.807, 2.05) is 26.6 Å². The number of rotatable bonds is 8. The van der Waals surface area contributed by atoms with E-state index in [9.17, 15) is 24.0 Å². The molecular weight excluding hydrogens is 415 g/mol. The third-order valence-corrected chi connectivity index (χ3v) is 1.89. The van der Waals surface area contributed by atoms with E-state index in [-0.39, 0.29) is 32.7 Å². The zero-order chi connectivity index (χ0) is 18.4. The van der Waals surface area contributed by atoms with Gasteiger partial charge in [0.25, 0.3) is 5.91 Å². The molecule has 14 nitrogen and oxygen atoms in total. The fraction of sp³-hybridized carbons (Fsp3) is 0.200. The van der Waals surface area contributed by atoms with E-state index in [1.165, 1.54) is 6.41 Å². The standard InChI is InChI=1S/C10H14N9O5.Y/c11-2-13-6(21)1-7(22)15-4-16-10(24)19-8(17-5-20)18-9(23)14-3-12;/h2-4,8H,1H2,(H,17,20)(H2,11,13,21)(H3,12,14,18,23)(H2,15,16,19,22,24);/q-1;. The summed E-state index contributed by atoms with van der Waals surface area (Å²) >= 11 is 0. The van der Waals surface area contributed by atoms with Gasteiger partial charge in [0.2, 0.25) is 5.91 Å². The summed E-state index contributed by atoms with van der Waals surface area (Å²) < 4.78 is 0. The molecule has 15 heteroatoms. The summed E-state index contributed by atoms with van der Waals surface area (Å²) in [4.78, 5) is 61.3. The van der Waals surface area contributed by atoms with Crippen molar-refractivity contribution in [1.29, 1.82) is 5.41 Å². The van der Waals surface area contributed by atoms with Crippen molar-refractivity contribution in [2.45, 2.75) is 12.7 Å². The van der Waals surface area contributed by atoms with Gasteiger partial charge in [0.15, 0.2) is 6.29 Å². The summed E-state index contributed by atoms with van der Waals surface area (Å²) in [6.45, 7) is 0. The summed E-state index contributed by atoms with van der Waals surface area (Å²) in [6, 6.07) is -1.95. The van der Waals surface area contributed by atoms with Gasteiger partial charge >= 0.3 is 12.1 Å². The summed E-state index contributed by atoms with van der Waals surface area (Å²) in [5.74, 6) is -1.58. The van der Waals surface area contributed by atoms with E-state index in [0.29, 0.717) is 12.7 Å². The average molecular weight is 429 g/mol. The summed E-state index contributed by atoms with van der Waals surface area (Å²) in [5, 5.41) is 16.6. The van der Waals surface area contributed by atoms with Crippen molar-refractivity contribution in [2.24, 2.45) is 15.7 Å². The Morgan fingerprint density at radius 2 is 1.84 bits per heavy atom.